The Kier molecular flexibility index (Phi) is 6.78. The Hall–Kier alpha value is -1.57. The van der Waals surface area contributed by atoms with Crippen molar-refractivity contribution in [2.75, 3.05) is 46.2 Å². The lowest BCUT2D eigenvalue weighted by Crippen LogP contribution is -2.50. The molecule has 0 radical (unpaired) electrons. The third-order valence-corrected chi connectivity index (χ3v) is 6.93. The molecular weight excluding hydrogens is 362 g/mol. The van der Waals surface area contributed by atoms with E-state index >= 15 is 0 Å². The van der Waals surface area contributed by atoms with E-state index in [0.717, 1.165) is 38.1 Å². The van der Waals surface area contributed by atoms with Gasteiger partial charge in [-0.1, -0.05) is 30.3 Å². The van der Waals surface area contributed by atoms with E-state index in [0.29, 0.717) is 18.7 Å². The first kappa shape index (κ1) is 20.2. The fraction of sp³-hybridized carbons (Fsp3) is 0.600. The minimum Gasteiger partial charge on any atom is -0.385 e. The molecule has 27 heavy (non-hydrogen) atoms. The van der Waals surface area contributed by atoms with Gasteiger partial charge in [0.25, 0.3) is 0 Å². The summed E-state index contributed by atoms with van der Waals surface area (Å²) in [5.74, 6) is 0.692. The molecule has 1 aromatic carbocycles. The highest BCUT2D eigenvalue weighted by molar-refractivity contribution is 8.00. The van der Waals surface area contributed by atoms with Gasteiger partial charge in [-0.25, -0.2) is 0 Å². The molecule has 2 amide bonds. The highest BCUT2D eigenvalue weighted by Crippen LogP contribution is 2.54. The van der Waals surface area contributed by atoms with Crippen molar-refractivity contribution in [3.63, 3.8) is 0 Å². The van der Waals surface area contributed by atoms with Crippen molar-refractivity contribution >= 4 is 23.6 Å². The summed E-state index contributed by atoms with van der Waals surface area (Å²) in [6.07, 6.45) is 2.25. The van der Waals surface area contributed by atoms with Crippen LogP contribution in [0.25, 0.3) is 0 Å². The van der Waals surface area contributed by atoms with Crippen LogP contribution in [0.1, 0.15) is 24.8 Å². The number of fused-ring (bicyclic) bond motifs is 1. The molecule has 2 heterocycles. The third kappa shape index (κ3) is 4.31. The molecule has 2 atom stereocenters. The average molecular weight is 392 g/mol. The van der Waals surface area contributed by atoms with Crippen molar-refractivity contribution in [2.24, 2.45) is 0 Å². The van der Waals surface area contributed by atoms with Crippen LogP contribution >= 0.6 is 11.8 Å². The van der Waals surface area contributed by atoms with Gasteiger partial charge in [0.15, 0.2) is 0 Å². The number of likely N-dealkylation sites (N-methyl/N-ethyl adjacent to an activating group) is 1. The van der Waals surface area contributed by atoms with E-state index in [9.17, 15) is 9.59 Å². The number of carbonyl (C=O) groups is 2. The number of thioether (sulfide) groups is 1. The summed E-state index contributed by atoms with van der Waals surface area (Å²) in [5.41, 5.74) is 1.12. The van der Waals surface area contributed by atoms with Crippen LogP contribution in [0.3, 0.4) is 0 Å². The topological polar surface area (TPSA) is 61.9 Å². The maximum absolute atomic E-state index is 12.8. The van der Waals surface area contributed by atoms with Crippen LogP contribution in [0.4, 0.5) is 0 Å². The summed E-state index contributed by atoms with van der Waals surface area (Å²) in [7, 11) is 3.74. The molecule has 2 saturated heterocycles. The van der Waals surface area contributed by atoms with E-state index in [1.54, 1.807) is 18.9 Å². The second kappa shape index (κ2) is 9.08. The van der Waals surface area contributed by atoms with E-state index in [1.165, 1.54) is 0 Å². The first-order valence-electron chi connectivity index (χ1n) is 9.55. The monoisotopic (exact) mass is 391 g/mol. The van der Waals surface area contributed by atoms with Crippen molar-refractivity contribution < 1.29 is 14.3 Å². The molecule has 7 heteroatoms. The Labute approximate surface area is 165 Å². The number of nitrogens with one attached hydrogen (secondary N) is 1. The van der Waals surface area contributed by atoms with Gasteiger partial charge in [0, 0.05) is 45.5 Å². The van der Waals surface area contributed by atoms with Gasteiger partial charge in [0.05, 0.1) is 0 Å². The van der Waals surface area contributed by atoms with Gasteiger partial charge in [0.2, 0.25) is 11.8 Å². The molecule has 2 fully saturated rings. The van der Waals surface area contributed by atoms with Crippen LogP contribution in [0, 0.1) is 0 Å². The lowest BCUT2D eigenvalue weighted by atomic mass is 10.0. The van der Waals surface area contributed by atoms with Crippen LogP contribution in [0.2, 0.25) is 0 Å². The van der Waals surface area contributed by atoms with E-state index in [-0.39, 0.29) is 22.7 Å². The normalized spacial score (nSPS) is 24.5. The van der Waals surface area contributed by atoms with Crippen molar-refractivity contribution in [3.8, 4) is 0 Å². The van der Waals surface area contributed by atoms with E-state index < -0.39 is 0 Å². The summed E-state index contributed by atoms with van der Waals surface area (Å²) >= 11 is 1.73. The first-order valence-corrected chi connectivity index (χ1v) is 10.5. The number of methoxy groups -OCH3 is 1. The zero-order valence-electron chi connectivity index (χ0n) is 16.1. The molecule has 0 unspecified atom stereocenters. The highest BCUT2D eigenvalue weighted by atomic mass is 32.2. The Bertz CT molecular complexity index is 657. The number of hydrogen-bond donors (Lipinski definition) is 1. The van der Waals surface area contributed by atoms with Gasteiger partial charge < -0.3 is 19.9 Å². The quantitative estimate of drug-likeness (QED) is 0.649. The Morgan fingerprint density at radius 2 is 2.15 bits per heavy atom. The maximum atomic E-state index is 12.8. The number of amides is 2. The standard InChI is InChI=1S/C20H29N3O3S/c1-22(12-6-14-26-2)13-11-21-19(25)17-15-27-20(10-9-18(24)23(17)20)16-7-4-3-5-8-16/h3-5,7-8,17H,6,9-15H2,1-2H3,(H,21,25)/t17-,20+/m1/s1. The van der Waals surface area contributed by atoms with Crippen LogP contribution in [-0.4, -0.2) is 73.8 Å². The van der Waals surface area contributed by atoms with Crippen molar-refractivity contribution in [3.05, 3.63) is 35.9 Å². The minimum atomic E-state index is -0.385. The minimum absolute atomic E-state index is 0.0409. The zero-order chi connectivity index (χ0) is 19.3. The molecule has 2 aliphatic heterocycles. The van der Waals surface area contributed by atoms with E-state index in [2.05, 4.69) is 22.3 Å². The maximum Gasteiger partial charge on any atom is 0.243 e. The van der Waals surface area contributed by atoms with Gasteiger partial charge in [-0.15, -0.1) is 11.8 Å². The Morgan fingerprint density at radius 1 is 1.37 bits per heavy atom. The summed E-state index contributed by atoms with van der Waals surface area (Å²) in [6, 6.07) is 9.72. The van der Waals surface area contributed by atoms with Gasteiger partial charge in [-0.3, -0.25) is 9.59 Å². The number of carbonyl (C=O) groups excluding carboxylic acids is 2. The third-order valence-electron chi connectivity index (χ3n) is 5.34. The molecule has 6 nitrogen and oxygen atoms in total. The molecule has 0 bridgehead atoms. The van der Waals surface area contributed by atoms with Crippen LogP contribution in [-0.2, 0) is 19.2 Å². The van der Waals surface area contributed by atoms with Gasteiger partial charge in [-0.05, 0) is 25.5 Å². The second-order valence-corrected chi connectivity index (χ2v) is 8.48. The fourth-order valence-corrected chi connectivity index (χ4v) is 5.57. The zero-order valence-corrected chi connectivity index (χ0v) is 17.0. The lowest BCUT2D eigenvalue weighted by Gasteiger charge is -2.34. The molecule has 1 N–H and O–H groups in total. The molecule has 0 aromatic heterocycles. The van der Waals surface area contributed by atoms with E-state index in [4.69, 9.17) is 4.74 Å². The smallest absolute Gasteiger partial charge is 0.243 e. The summed E-state index contributed by atoms with van der Waals surface area (Å²) in [5, 5.41) is 3.03. The van der Waals surface area contributed by atoms with E-state index in [1.807, 2.05) is 30.1 Å². The van der Waals surface area contributed by atoms with Crippen molar-refractivity contribution in [2.45, 2.75) is 30.2 Å². The molecule has 1 aromatic rings. The molecular formula is C20H29N3O3S. The molecule has 0 saturated carbocycles. The number of ether oxygens (including phenoxy) is 1. The van der Waals surface area contributed by atoms with Crippen LogP contribution in [0.15, 0.2) is 30.3 Å². The average Bonchev–Trinajstić information content (AvgIpc) is 3.22. The second-order valence-electron chi connectivity index (χ2n) is 7.18. The SMILES string of the molecule is COCCCN(C)CCNC(=O)[C@H]1CS[C@]2(c3ccccc3)CCC(=O)N12. The Morgan fingerprint density at radius 3 is 2.89 bits per heavy atom. The Balaban J connectivity index is 1.58. The lowest BCUT2D eigenvalue weighted by molar-refractivity contribution is -0.138. The number of rotatable bonds is 9. The largest absolute Gasteiger partial charge is 0.385 e. The fourth-order valence-electron chi connectivity index (χ4n) is 3.91. The molecule has 148 valence electrons. The predicted molar refractivity (Wildman–Crippen MR) is 107 cm³/mol. The number of benzene rings is 1. The van der Waals surface area contributed by atoms with Crippen LogP contribution in [0.5, 0.6) is 0 Å². The molecule has 0 spiro atoms. The number of nitrogens with zero attached hydrogens (tertiary/aromatic N) is 2. The summed E-state index contributed by atoms with van der Waals surface area (Å²) in [4.78, 5) is 29.0. The molecule has 0 aliphatic carbocycles. The number of hydrogen-bond acceptors (Lipinski definition) is 5. The predicted octanol–water partition coefficient (Wildman–Crippen LogP) is 1.66. The summed E-state index contributed by atoms with van der Waals surface area (Å²) in [6.45, 7) is 3.05. The van der Waals surface area contributed by atoms with Crippen molar-refractivity contribution in [1.29, 1.82) is 0 Å². The van der Waals surface area contributed by atoms with Gasteiger partial charge in [0.1, 0.15) is 10.9 Å². The molecule has 2 aliphatic rings. The molecule has 3 rings (SSSR count). The summed E-state index contributed by atoms with van der Waals surface area (Å²) < 4.78 is 5.06. The first-order chi connectivity index (χ1) is 13.1. The highest BCUT2D eigenvalue weighted by Gasteiger charge is 2.56. The van der Waals surface area contributed by atoms with Crippen LogP contribution < -0.4 is 5.32 Å². The van der Waals surface area contributed by atoms with Gasteiger partial charge >= 0.3 is 0 Å². The van der Waals surface area contributed by atoms with Crippen molar-refractivity contribution in [1.82, 2.24) is 15.1 Å². The van der Waals surface area contributed by atoms with Gasteiger partial charge in [-0.2, -0.15) is 0 Å².